The van der Waals surface area contributed by atoms with Gasteiger partial charge in [-0.25, -0.2) is 9.07 Å². The van der Waals surface area contributed by atoms with Gasteiger partial charge in [0.1, 0.15) is 5.82 Å². The Morgan fingerprint density at radius 3 is 2.50 bits per heavy atom. The molecule has 1 aliphatic rings. The lowest BCUT2D eigenvalue weighted by molar-refractivity contribution is 0.102. The summed E-state index contributed by atoms with van der Waals surface area (Å²) in [6, 6.07) is 15.7. The zero-order valence-corrected chi connectivity index (χ0v) is 16.2. The van der Waals surface area contributed by atoms with Crippen molar-refractivity contribution in [2.45, 2.75) is 25.7 Å². The van der Waals surface area contributed by atoms with Crippen LogP contribution in [-0.4, -0.2) is 25.9 Å². The van der Waals surface area contributed by atoms with Gasteiger partial charge in [0.15, 0.2) is 5.69 Å². The van der Waals surface area contributed by atoms with Gasteiger partial charge in [-0.05, 0) is 73.7 Å². The number of carbonyl (C=O) groups excluding carboxylic acids is 1. The van der Waals surface area contributed by atoms with Crippen LogP contribution in [0.4, 0.5) is 10.1 Å². The fraction of sp³-hybridized carbons (Fsp3) is 0.174. The van der Waals surface area contributed by atoms with Crippen LogP contribution < -0.4 is 5.32 Å². The van der Waals surface area contributed by atoms with Crippen molar-refractivity contribution < 1.29 is 9.18 Å². The number of nitrogens with zero attached hydrogens (tertiary/aromatic N) is 3. The Labute approximate surface area is 172 Å². The van der Waals surface area contributed by atoms with Gasteiger partial charge in [0.2, 0.25) is 0 Å². The number of halogens is 1. The van der Waals surface area contributed by atoms with E-state index in [0.29, 0.717) is 11.4 Å². The smallest absolute Gasteiger partial charge is 0.276 e. The Balaban J connectivity index is 1.43. The Kier molecular flexibility index (Phi) is 4.63. The molecule has 2 aromatic carbocycles. The molecule has 1 amide bonds. The number of aromatic nitrogens is 4. The van der Waals surface area contributed by atoms with E-state index < -0.39 is 0 Å². The largest absolute Gasteiger partial charge is 0.321 e. The van der Waals surface area contributed by atoms with Crippen molar-refractivity contribution in [1.29, 1.82) is 0 Å². The van der Waals surface area contributed by atoms with Gasteiger partial charge in [-0.15, -0.1) is 0 Å². The molecular formula is C23H20FN5O. The predicted molar refractivity (Wildman–Crippen MR) is 112 cm³/mol. The predicted octanol–water partition coefficient (Wildman–Crippen LogP) is 4.53. The molecule has 0 atom stereocenters. The highest BCUT2D eigenvalue weighted by atomic mass is 19.1. The van der Waals surface area contributed by atoms with Crippen LogP contribution in [0.2, 0.25) is 0 Å². The Morgan fingerprint density at radius 1 is 1.00 bits per heavy atom. The minimum Gasteiger partial charge on any atom is -0.321 e. The van der Waals surface area contributed by atoms with Crippen LogP contribution in [0, 0.1) is 5.82 Å². The van der Waals surface area contributed by atoms with Crippen LogP contribution in [0.1, 0.15) is 34.6 Å². The molecule has 5 rings (SSSR count). The molecule has 0 spiro atoms. The van der Waals surface area contributed by atoms with Gasteiger partial charge in [-0.1, -0.05) is 12.1 Å². The summed E-state index contributed by atoms with van der Waals surface area (Å²) >= 11 is 0. The second-order valence-corrected chi connectivity index (χ2v) is 7.37. The number of fused-ring (bicyclic) bond motifs is 1. The number of rotatable bonds is 4. The average molecular weight is 401 g/mol. The molecule has 150 valence electrons. The SMILES string of the molecule is O=C(Nc1ccc(-c2ccn[nH]2)cc1)c1nn(-c2ccc(F)cc2)c2c1CCCC2. The third-order valence-electron chi connectivity index (χ3n) is 5.42. The second-order valence-electron chi connectivity index (χ2n) is 7.37. The lowest BCUT2D eigenvalue weighted by atomic mass is 9.95. The van der Waals surface area contributed by atoms with Gasteiger partial charge in [0.25, 0.3) is 5.91 Å². The van der Waals surface area contributed by atoms with Crippen molar-refractivity contribution in [2.75, 3.05) is 5.32 Å². The van der Waals surface area contributed by atoms with Gasteiger partial charge >= 0.3 is 0 Å². The molecule has 0 radical (unpaired) electrons. The number of amides is 1. The molecule has 0 saturated carbocycles. The standard InChI is InChI=1S/C23H20FN5O/c24-16-7-11-18(12-8-16)29-21-4-2-1-3-19(21)22(28-29)23(30)26-17-9-5-15(6-10-17)20-13-14-25-27-20/h5-14H,1-4H2,(H,25,27)(H,26,30). The van der Waals surface area contributed by atoms with Crippen molar-refractivity contribution in [2.24, 2.45) is 0 Å². The maximum atomic E-state index is 13.3. The summed E-state index contributed by atoms with van der Waals surface area (Å²) in [7, 11) is 0. The molecule has 4 aromatic rings. The molecule has 0 bridgehead atoms. The van der Waals surface area contributed by atoms with Crippen LogP contribution in [0.25, 0.3) is 16.9 Å². The van der Waals surface area contributed by atoms with Gasteiger partial charge in [-0.2, -0.15) is 10.2 Å². The van der Waals surface area contributed by atoms with Crippen molar-refractivity contribution >= 4 is 11.6 Å². The molecule has 2 aromatic heterocycles. The van der Waals surface area contributed by atoms with E-state index in [-0.39, 0.29) is 11.7 Å². The minimum absolute atomic E-state index is 0.233. The second kappa shape index (κ2) is 7.59. The highest BCUT2D eigenvalue weighted by Crippen LogP contribution is 2.28. The lowest BCUT2D eigenvalue weighted by Gasteiger charge is -2.14. The van der Waals surface area contributed by atoms with Crippen molar-refractivity contribution in [3.05, 3.63) is 83.6 Å². The third-order valence-corrected chi connectivity index (χ3v) is 5.42. The third kappa shape index (κ3) is 3.39. The lowest BCUT2D eigenvalue weighted by Crippen LogP contribution is -2.15. The fourth-order valence-corrected chi connectivity index (χ4v) is 3.92. The zero-order valence-electron chi connectivity index (χ0n) is 16.2. The van der Waals surface area contributed by atoms with Gasteiger partial charge in [0, 0.05) is 23.1 Å². The summed E-state index contributed by atoms with van der Waals surface area (Å²) in [6.45, 7) is 0. The molecule has 6 nitrogen and oxygen atoms in total. The molecule has 0 fully saturated rings. The van der Waals surface area contributed by atoms with Gasteiger partial charge in [0.05, 0.1) is 11.4 Å². The Hall–Kier alpha value is -3.74. The maximum absolute atomic E-state index is 13.3. The Morgan fingerprint density at radius 2 is 1.77 bits per heavy atom. The van der Waals surface area contributed by atoms with E-state index in [4.69, 9.17) is 0 Å². The van der Waals surface area contributed by atoms with Crippen LogP contribution in [0.5, 0.6) is 0 Å². The normalized spacial score (nSPS) is 13.1. The molecule has 30 heavy (non-hydrogen) atoms. The van der Waals surface area contributed by atoms with Crippen LogP contribution in [0.3, 0.4) is 0 Å². The monoisotopic (exact) mass is 401 g/mol. The van der Waals surface area contributed by atoms with Crippen molar-refractivity contribution in [3.8, 4) is 16.9 Å². The first-order chi connectivity index (χ1) is 14.7. The average Bonchev–Trinajstić information content (AvgIpc) is 3.43. The van der Waals surface area contributed by atoms with E-state index in [0.717, 1.165) is 53.9 Å². The molecule has 0 saturated heterocycles. The number of aromatic amines is 1. The highest BCUT2D eigenvalue weighted by Gasteiger charge is 2.25. The molecule has 0 aliphatic heterocycles. The quantitative estimate of drug-likeness (QED) is 0.527. The number of benzene rings is 2. The van der Waals surface area contributed by atoms with Crippen molar-refractivity contribution in [3.63, 3.8) is 0 Å². The van der Waals surface area contributed by atoms with E-state index in [1.807, 2.05) is 30.3 Å². The number of anilines is 1. The summed E-state index contributed by atoms with van der Waals surface area (Å²) in [5.41, 5.74) is 5.82. The molecule has 2 N–H and O–H groups in total. The molecule has 2 heterocycles. The van der Waals surface area contributed by atoms with Crippen molar-refractivity contribution in [1.82, 2.24) is 20.0 Å². The van der Waals surface area contributed by atoms with E-state index in [1.165, 1.54) is 12.1 Å². The summed E-state index contributed by atoms with van der Waals surface area (Å²) in [5.74, 6) is -0.528. The summed E-state index contributed by atoms with van der Waals surface area (Å²) in [5, 5.41) is 14.4. The minimum atomic E-state index is -0.295. The van der Waals surface area contributed by atoms with E-state index in [1.54, 1.807) is 23.0 Å². The summed E-state index contributed by atoms with van der Waals surface area (Å²) in [6.07, 6.45) is 5.45. The molecular weight excluding hydrogens is 381 g/mol. The zero-order chi connectivity index (χ0) is 20.5. The molecule has 1 aliphatic carbocycles. The number of H-pyrrole nitrogens is 1. The number of nitrogens with one attached hydrogen (secondary N) is 2. The van der Waals surface area contributed by atoms with E-state index in [9.17, 15) is 9.18 Å². The van der Waals surface area contributed by atoms with Gasteiger partial charge in [-0.3, -0.25) is 9.89 Å². The summed E-state index contributed by atoms with van der Waals surface area (Å²) < 4.78 is 15.1. The van der Waals surface area contributed by atoms with E-state index >= 15 is 0 Å². The first-order valence-corrected chi connectivity index (χ1v) is 9.97. The van der Waals surface area contributed by atoms with Crippen LogP contribution >= 0.6 is 0 Å². The first kappa shape index (κ1) is 18.3. The summed E-state index contributed by atoms with van der Waals surface area (Å²) in [4.78, 5) is 13.0. The van der Waals surface area contributed by atoms with Gasteiger partial charge < -0.3 is 5.32 Å². The van der Waals surface area contributed by atoms with E-state index in [2.05, 4.69) is 20.6 Å². The van der Waals surface area contributed by atoms with Crippen LogP contribution in [-0.2, 0) is 12.8 Å². The maximum Gasteiger partial charge on any atom is 0.276 e. The number of hydrogen-bond donors (Lipinski definition) is 2. The first-order valence-electron chi connectivity index (χ1n) is 9.97. The number of hydrogen-bond acceptors (Lipinski definition) is 3. The molecule has 0 unspecified atom stereocenters. The Bertz CT molecular complexity index is 1180. The topological polar surface area (TPSA) is 75.6 Å². The van der Waals surface area contributed by atoms with Crippen LogP contribution in [0.15, 0.2) is 60.8 Å². The highest BCUT2D eigenvalue weighted by molar-refractivity contribution is 6.04. The molecule has 7 heteroatoms. The fourth-order valence-electron chi connectivity index (χ4n) is 3.92. The number of carbonyl (C=O) groups is 1.